The third kappa shape index (κ3) is 5.87. The van der Waals surface area contributed by atoms with E-state index in [9.17, 15) is 18.4 Å². The summed E-state index contributed by atoms with van der Waals surface area (Å²) < 4.78 is 27.9. The molecule has 2 aromatic carbocycles. The van der Waals surface area contributed by atoms with Crippen molar-refractivity contribution in [2.75, 3.05) is 43.0 Å². The molecule has 1 aliphatic rings. The number of carbonyl (C=O) groups is 1. The van der Waals surface area contributed by atoms with E-state index in [1.165, 1.54) is 17.8 Å². The van der Waals surface area contributed by atoms with Gasteiger partial charge in [-0.15, -0.1) is 0 Å². The van der Waals surface area contributed by atoms with Crippen LogP contribution in [0.5, 0.6) is 0 Å². The van der Waals surface area contributed by atoms with Crippen LogP contribution >= 0.6 is 0 Å². The van der Waals surface area contributed by atoms with E-state index in [0.717, 1.165) is 25.3 Å². The Balaban J connectivity index is 1.63. The Morgan fingerprint density at radius 2 is 1.72 bits per heavy atom. The maximum absolute atomic E-state index is 12.7. The highest BCUT2D eigenvalue weighted by Gasteiger charge is 2.29. The van der Waals surface area contributed by atoms with Crippen molar-refractivity contribution < 1.29 is 18.4 Å². The predicted octanol–water partition coefficient (Wildman–Crippen LogP) is 2.47. The number of amides is 1. The normalized spacial score (nSPS) is 16.7. The number of hydroxylamine groups is 2. The molecule has 0 fully saturated rings. The van der Waals surface area contributed by atoms with Gasteiger partial charge in [-0.2, -0.15) is 4.72 Å². The van der Waals surface area contributed by atoms with Crippen LogP contribution in [0.4, 0.5) is 11.4 Å². The standard InChI is InChI=1S/C23H30N4O4S/c1-3-26(20-9-5-4-6-10-20)18-17-25(2)19-12-14-21(15-13-19)32(30,31)24-22-11-7-8-16-27(29)23(22)28/h4-10,12-15,22,24,29H,3,11,16-18H2,1-2H3/t22-/m1/s1. The molecule has 3 rings (SSSR count). The highest BCUT2D eigenvalue weighted by molar-refractivity contribution is 7.89. The Bertz CT molecular complexity index is 1030. The number of para-hydroxylation sites is 1. The van der Waals surface area contributed by atoms with Crippen LogP contribution in [0, 0.1) is 0 Å². The molecule has 1 heterocycles. The number of likely N-dealkylation sites (N-methyl/N-ethyl adjacent to an activating group) is 2. The molecule has 1 amide bonds. The number of hydrogen-bond acceptors (Lipinski definition) is 6. The molecule has 0 bridgehead atoms. The lowest BCUT2D eigenvalue weighted by molar-refractivity contribution is -0.164. The van der Waals surface area contributed by atoms with Crippen molar-refractivity contribution in [2.24, 2.45) is 0 Å². The SMILES string of the molecule is CCN(CCN(C)c1ccc(S(=O)(=O)N[C@@H]2CC=CCN(O)C2=O)cc1)c1ccccc1. The molecule has 0 saturated heterocycles. The molecule has 172 valence electrons. The molecule has 2 aromatic rings. The third-order valence-corrected chi connectivity index (χ3v) is 6.95. The van der Waals surface area contributed by atoms with Crippen LogP contribution in [0.25, 0.3) is 0 Å². The van der Waals surface area contributed by atoms with Gasteiger partial charge in [-0.1, -0.05) is 30.4 Å². The molecule has 8 nitrogen and oxygen atoms in total. The first kappa shape index (κ1) is 23.8. The number of carbonyl (C=O) groups excluding carboxylic acids is 1. The van der Waals surface area contributed by atoms with E-state index in [1.807, 2.05) is 25.2 Å². The van der Waals surface area contributed by atoms with Crippen LogP contribution in [0.15, 0.2) is 71.6 Å². The molecule has 2 N–H and O–H groups in total. The average Bonchev–Trinajstić information content (AvgIpc) is 2.95. The van der Waals surface area contributed by atoms with Gasteiger partial charge in [0.1, 0.15) is 6.04 Å². The van der Waals surface area contributed by atoms with Crippen LogP contribution in [0.3, 0.4) is 0 Å². The van der Waals surface area contributed by atoms with Crippen LogP contribution in [-0.4, -0.2) is 63.9 Å². The summed E-state index contributed by atoms with van der Waals surface area (Å²) >= 11 is 0. The smallest absolute Gasteiger partial charge is 0.264 e. The van der Waals surface area contributed by atoms with E-state index in [0.29, 0.717) is 5.06 Å². The number of benzene rings is 2. The van der Waals surface area contributed by atoms with Gasteiger partial charge in [0.2, 0.25) is 10.0 Å². The van der Waals surface area contributed by atoms with Crippen molar-refractivity contribution in [1.82, 2.24) is 9.79 Å². The zero-order valence-electron chi connectivity index (χ0n) is 18.4. The monoisotopic (exact) mass is 458 g/mol. The van der Waals surface area contributed by atoms with Crippen molar-refractivity contribution in [3.63, 3.8) is 0 Å². The van der Waals surface area contributed by atoms with Gasteiger partial charge in [0.05, 0.1) is 11.4 Å². The molecule has 0 spiro atoms. The van der Waals surface area contributed by atoms with E-state index in [1.54, 1.807) is 24.3 Å². The number of sulfonamides is 1. The number of hydrogen-bond donors (Lipinski definition) is 2. The summed E-state index contributed by atoms with van der Waals surface area (Å²) in [6.45, 7) is 4.64. The molecule has 0 aromatic heterocycles. The highest BCUT2D eigenvalue weighted by Crippen LogP contribution is 2.19. The first-order valence-corrected chi connectivity index (χ1v) is 12.1. The van der Waals surface area contributed by atoms with Gasteiger partial charge in [0.15, 0.2) is 0 Å². The zero-order chi connectivity index (χ0) is 23.1. The summed E-state index contributed by atoms with van der Waals surface area (Å²) in [5.74, 6) is -0.672. The fraction of sp³-hybridized carbons (Fsp3) is 0.348. The number of anilines is 2. The molecule has 32 heavy (non-hydrogen) atoms. The van der Waals surface area contributed by atoms with Gasteiger partial charge < -0.3 is 9.80 Å². The number of nitrogens with one attached hydrogen (secondary N) is 1. The van der Waals surface area contributed by atoms with Gasteiger partial charge in [0, 0.05) is 38.1 Å². The first-order chi connectivity index (χ1) is 15.3. The average molecular weight is 459 g/mol. The Morgan fingerprint density at radius 3 is 2.38 bits per heavy atom. The Hall–Kier alpha value is -2.88. The lowest BCUT2D eigenvalue weighted by Gasteiger charge is -2.27. The second kappa shape index (κ2) is 10.6. The van der Waals surface area contributed by atoms with Crippen molar-refractivity contribution in [3.8, 4) is 0 Å². The van der Waals surface area contributed by atoms with Crippen molar-refractivity contribution in [2.45, 2.75) is 24.3 Å². The zero-order valence-corrected chi connectivity index (χ0v) is 19.2. The van der Waals surface area contributed by atoms with E-state index in [-0.39, 0.29) is 17.9 Å². The number of nitrogens with zero attached hydrogens (tertiary/aromatic N) is 3. The second-order valence-corrected chi connectivity index (χ2v) is 9.35. The topological polar surface area (TPSA) is 93.2 Å². The summed E-state index contributed by atoms with van der Waals surface area (Å²) in [6.07, 6.45) is 3.48. The molecule has 0 radical (unpaired) electrons. The fourth-order valence-electron chi connectivity index (χ4n) is 3.52. The molecule has 1 aliphatic heterocycles. The molecular weight excluding hydrogens is 428 g/mol. The maximum Gasteiger partial charge on any atom is 0.264 e. The molecule has 9 heteroatoms. The van der Waals surface area contributed by atoms with E-state index >= 15 is 0 Å². The summed E-state index contributed by atoms with van der Waals surface area (Å²) in [7, 11) is -1.94. The first-order valence-electron chi connectivity index (χ1n) is 10.6. The minimum absolute atomic E-state index is 0.0395. The molecule has 1 atom stereocenters. The lowest BCUT2D eigenvalue weighted by atomic mass is 10.2. The molecule has 0 unspecified atom stereocenters. The Morgan fingerprint density at radius 1 is 1.03 bits per heavy atom. The van der Waals surface area contributed by atoms with Crippen LogP contribution in [0.2, 0.25) is 0 Å². The van der Waals surface area contributed by atoms with E-state index in [2.05, 4.69) is 33.6 Å². The summed E-state index contributed by atoms with van der Waals surface area (Å²) in [5.41, 5.74) is 2.06. The van der Waals surface area contributed by atoms with Gasteiger partial charge in [0.25, 0.3) is 5.91 Å². The van der Waals surface area contributed by atoms with Gasteiger partial charge in [-0.05, 0) is 49.7 Å². The second-order valence-electron chi connectivity index (χ2n) is 7.63. The Kier molecular flexibility index (Phi) is 7.89. The summed E-state index contributed by atoms with van der Waals surface area (Å²) in [4.78, 5) is 16.6. The van der Waals surface area contributed by atoms with Gasteiger partial charge in [-0.3, -0.25) is 10.0 Å². The van der Waals surface area contributed by atoms with Gasteiger partial charge >= 0.3 is 0 Å². The summed E-state index contributed by atoms with van der Waals surface area (Å²) in [5, 5.41) is 10.2. The van der Waals surface area contributed by atoms with Crippen LogP contribution < -0.4 is 14.5 Å². The third-order valence-electron chi connectivity index (χ3n) is 5.46. The maximum atomic E-state index is 12.7. The minimum Gasteiger partial charge on any atom is -0.373 e. The van der Waals surface area contributed by atoms with E-state index in [4.69, 9.17) is 0 Å². The fourth-order valence-corrected chi connectivity index (χ4v) is 4.72. The summed E-state index contributed by atoms with van der Waals surface area (Å²) in [6, 6.07) is 15.7. The minimum atomic E-state index is -3.91. The van der Waals surface area contributed by atoms with E-state index < -0.39 is 22.0 Å². The quantitative estimate of drug-likeness (QED) is 0.443. The van der Waals surface area contributed by atoms with Gasteiger partial charge in [-0.25, -0.2) is 13.5 Å². The van der Waals surface area contributed by atoms with Crippen molar-refractivity contribution >= 4 is 27.3 Å². The molecule has 0 aliphatic carbocycles. The molecular formula is C23H30N4O4S. The molecule has 0 saturated carbocycles. The highest BCUT2D eigenvalue weighted by atomic mass is 32.2. The largest absolute Gasteiger partial charge is 0.373 e. The lowest BCUT2D eigenvalue weighted by Crippen LogP contribution is -2.46. The Labute approximate surface area is 189 Å². The van der Waals surface area contributed by atoms with Crippen molar-refractivity contribution in [3.05, 3.63) is 66.7 Å². The van der Waals surface area contributed by atoms with Crippen LogP contribution in [0.1, 0.15) is 13.3 Å². The number of rotatable bonds is 9. The predicted molar refractivity (Wildman–Crippen MR) is 125 cm³/mol. The van der Waals surface area contributed by atoms with Crippen molar-refractivity contribution in [1.29, 1.82) is 0 Å². The van der Waals surface area contributed by atoms with Crippen LogP contribution in [-0.2, 0) is 14.8 Å².